The Morgan fingerprint density at radius 3 is 2.61 bits per heavy atom. The average molecular weight is 301 g/mol. The third kappa shape index (κ3) is 2.75. The van der Waals surface area contributed by atoms with Gasteiger partial charge in [0, 0.05) is 22.1 Å². The predicted octanol–water partition coefficient (Wildman–Crippen LogP) is 6.31. The molecule has 0 saturated carbocycles. The number of para-hydroxylation sites is 1. The molecule has 1 aromatic carbocycles. The van der Waals surface area contributed by atoms with Gasteiger partial charge in [-0.25, -0.2) is 0 Å². The van der Waals surface area contributed by atoms with Gasteiger partial charge in [-0.3, -0.25) is 0 Å². The number of nitrogens with zero attached hydrogens (tertiary/aromatic N) is 1. The lowest BCUT2D eigenvalue weighted by molar-refractivity contribution is 0.633. The standard InChI is InChI=1S/C22H23N/c1-5-9-17(10-6-2)23-20-12-8-7-11-18(20)19-13-15-22(3,4)16-14-21(19)23/h5-16H,1H2,2-4H3/b10-6-,17-9+. The van der Waals surface area contributed by atoms with Gasteiger partial charge in [-0.2, -0.15) is 0 Å². The van der Waals surface area contributed by atoms with Gasteiger partial charge < -0.3 is 4.57 Å². The largest absolute Gasteiger partial charge is 0.309 e. The van der Waals surface area contributed by atoms with Crippen molar-refractivity contribution >= 4 is 28.8 Å². The molecule has 0 atom stereocenters. The molecule has 23 heavy (non-hydrogen) atoms. The number of hydrogen-bond acceptors (Lipinski definition) is 0. The van der Waals surface area contributed by atoms with Crippen molar-refractivity contribution in [3.8, 4) is 0 Å². The summed E-state index contributed by atoms with van der Waals surface area (Å²) < 4.78 is 2.31. The van der Waals surface area contributed by atoms with Gasteiger partial charge in [-0.05, 0) is 31.2 Å². The Kier molecular flexibility index (Phi) is 3.96. The van der Waals surface area contributed by atoms with Gasteiger partial charge in [0.2, 0.25) is 0 Å². The van der Waals surface area contributed by atoms with Gasteiger partial charge >= 0.3 is 0 Å². The second-order valence-electron chi connectivity index (χ2n) is 6.47. The van der Waals surface area contributed by atoms with Crippen molar-refractivity contribution in [3.05, 3.63) is 78.6 Å². The van der Waals surface area contributed by atoms with E-state index in [9.17, 15) is 0 Å². The summed E-state index contributed by atoms with van der Waals surface area (Å²) in [6.45, 7) is 10.4. The molecule has 1 aliphatic carbocycles. The normalized spacial score (nSPS) is 16.7. The summed E-state index contributed by atoms with van der Waals surface area (Å²) >= 11 is 0. The number of benzene rings is 1. The molecule has 0 N–H and O–H groups in total. The Hall–Kier alpha value is -2.54. The van der Waals surface area contributed by atoms with Crippen LogP contribution in [0.15, 0.2) is 67.3 Å². The molecule has 116 valence electrons. The maximum Gasteiger partial charge on any atom is 0.0541 e. The Bertz CT molecular complexity index is 867. The van der Waals surface area contributed by atoms with Crippen LogP contribution in [-0.2, 0) is 0 Å². The lowest BCUT2D eigenvalue weighted by Gasteiger charge is -2.13. The SMILES string of the molecule is C=C/C=C(\C=C/C)n1c2c(c3ccccc31)C=CC(C)(C)C=C2. The van der Waals surface area contributed by atoms with Gasteiger partial charge in [-0.15, -0.1) is 0 Å². The van der Waals surface area contributed by atoms with E-state index in [1.54, 1.807) is 0 Å². The summed E-state index contributed by atoms with van der Waals surface area (Å²) in [5.41, 5.74) is 4.91. The van der Waals surface area contributed by atoms with Gasteiger partial charge in [0.1, 0.15) is 0 Å². The van der Waals surface area contributed by atoms with Gasteiger partial charge in [-0.1, -0.05) is 69.0 Å². The fourth-order valence-corrected chi connectivity index (χ4v) is 3.05. The zero-order valence-corrected chi connectivity index (χ0v) is 14.1. The highest BCUT2D eigenvalue weighted by atomic mass is 15.0. The maximum atomic E-state index is 3.87. The summed E-state index contributed by atoms with van der Waals surface area (Å²) in [6, 6.07) is 8.57. The molecule has 1 aliphatic rings. The van der Waals surface area contributed by atoms with E-state index in [4.69, 9.17) is 0 Å². The molecule has 0 amide bonds. The molecule has 0 aliphatic heterocycles. The zero-order chi connectivity index (χ0) is 16.4. The van der Waals surface area contributed by atoms with Crippen molar-refractivity contribution in [2.75, 3.05) is 0 Å². The van der Waals surface area contributed by atoms with E-state index < -0.39 is 0 Å². The molecular weight excluding hydrogens is 278 g/mol. The van der Waals surface area contributed by atoms with Crippen LogP contribution in [0.5, 0.6) is 0 Å². The summed E-state index contributed by atoms with van der Waals surface area (Å²) in [5, 5.41) is 1.28. The molecule has 1 heteroatoms. The smallest absolute Gasteiger partial charge is 0.0541 e. The molecule has 2 aromatic rings. The van der Waals surface area contributed by atoms with Crippen LogP contribution in [0.4, 0.5) is 0 Å². The lowest BCUT2D eigenvalue weighted by atomic mass is 9.93. The molecule has 0 unspecified atom stereocenters. The van der Waals surface area contributed by atoms with Crippen LogP contribution in [0.1, 0.15) is 32.0 Å². The van der Waals surface area contributed by atoms with Crippen molar-refractivity contribution in [3.63, 3.8) is 0 Å². The molecule has 0 saturated heterocycles. The van der Waals surface area contributed by atoms with Gasteiger partial charge in [0.05, 0.1) is 11.2 Å². The minimum absolute atomic E-state index is 0.0634. The average Bonchev–Trinajstić information content (AvgIpc) is 2.75. The molecular formula is C22H23N. The highest BCUT2D eigenvalue weighted by Crippen LogP contribution is 2.36. The minimum Gasteiger partial charge on any atom is -0.309 e. The highest BCUT2D eigenvalue weighted by molar-refractivity contribution is 5.97. The van der Waals surface area contributed by atoms with Crippen LogP contribution in [0, 0.1) is 5.41 Å². The fraction of sp³-hybridized carbons (Fsp3) is 0.182. The third-order valence-corrected chi connectivity index (χ3v) is 4.19. The van der Waals surface area contributed by atoms with Gasteiger partial charge in [0.15, 0.2) is 0 Å². The first-order valence-corrected chi connectivity index (χ1v) is 8.05. The second-order valence-corrected chi connectivity index (χ2v) is 6.47. The molecule has 1 aromatic heterocycles. The molecule has 1 heterocycles. The van der Waals surface area contributed by atoms with Crippen molar-refractivity contribution in [1.29, 1.82) is 0 Å². The fourth-order valence-electron chi connectivity index (χ4n) is 3.05. The van der Waals surface area contributed by atoms with Crippen LogP contribution in [0.25, 0.3) is 28.8 Å². The summed E-state index contributed by atoms with van der Waals surface area (Å²) in [4.78, 5) is 0. The second kappa shape index (κ2) is 5.92. The Balaban J connectivity index is 2.40. The van der Waals surface area contributed by atoms with Crippen LogP contribution >= 0.6 is 0 Å². The summed E-state index contributed by atoms with van der Waals surface area (Å²) in [5.74, 6) is 0. The molecule has 1 nitrogen and oxygen atoms in total. The Morgan fingerprint density at radius 1 is 1.13 bits per heavy atom. The monoisotopic (exact) mass is 301 g/mol. The molecule has 0 spiro atoms. The molecule has 0 bridgehead atoms. The molecule has 3 rings (SSSR count). The van der Waals surface area contributed by atoms with E-state index in [0.29, 0.717) is 0 Å². The van der Waals surface area contributed by atoms with E-state index in [2.05, 4.69) is 91.8 Å². The summed E-state index contributed by atoms with van der Waals surface area (Å²) in [6.07, 6.45) is 17.1. The van der Waals surface area contributed by atoms with Crippen molar-refractivity contribution in [1.82, 2.24) is 4.57 Å². The van der Waals surface area contributed by atoms with Crippen LogP contribution < -0.4 is 0 Å². The quantitative estimate of drug-likeness (QED) is 0.585. The number of aromatic nitrogens is 1. The van der Waals surface area contributed by atoms with E-state index in [1.165, 1.54) is 22.2 Å². The number of hydrogen-bond donors (Lipinski definition) is 0. The first-order valence-electron chi connectivity index (χ1n) is 8.05. The van der Waals surface area contributed by atoms with Crippen molar-refractivity contribution in [2.45, 2.75) is 20.8 Å². The van der Waals surface area contributed by atoms with E-state index in [1.807, 2.05) is 13.0 Å². The minimum atomic E-state index is 0.0634. The first-order chi connectivity index (χ1) is 11.1. The van der Waals surface area contributed by atoms with E-state index in [-0.39, 0.29) is 5.41 Å². The van der Waals surface area contributed by atoms with Crippen LogP contribution in [0.2, 0.25) is 0 Å². The first kappa shape index (κ1) is 15.4. The third-order valence-electron chi connectivity index (χ3n) is 4.19. The van der Waals surface area contributed by atoms with Crippen LogP contribution in [-0.4, -0.2) is 4.57 Å². The number of rotatable bonds is 3. The Labute approximate surface area is 138 Å². The highest BCUT2D eigenvalue weighted by Gasteiger charge is 2.19. The predicted molar refractivity (Wildman–Crippen MR) is 103 cm³/mol. The maximum absolute atomic E-state index is 3.87. The van der Waals surface area contributed by atoms with Crippen molar-refractivity contribution < 1.29 is 0 Å². The molecule has 0 fully saturated rings. The topological polar surface area (TPSA) is 4.93 Å². The lowest BCUT2D eigenvalue weighted by Crippen LogP contribution is -2.01. The Morgan fingerprint density at radius 2 is 1.87 bits per heavy atom. The summed E-state index contributed by atoms with van der Waals surface area (Å²) in [7, 11) is 0. The number of allylic oxidation sites excluding steroid dienone is 7. The van der Waals surface area contributed by atoms with Crippen molar-refractivity contribution in [2.24, 2.45) is 5.41 Å². The molecule has 0 radical (unpaired) electrons. The number of fused-ring (bicyclic) bond motifs is 3. The van der Waals surface area contributed by atoms with Gasteiger partial charge in [0.25, 0.3) is 0 Å². The van der Waals surface area contributed by atoms with E-state index in [0.717, 1.165) is 5.70 Å². The van der Waals surface area contributed by atoms with Crippen LogP contribution in [0.3, 0.4) is 0 Å². The zero-order valence-electron chi connectivity index (χ0n) is 14.1. The van der Waals surface area contributed by atoms with E-state index >= 15 is 0 Å².